The van der Waals surface area contributed by atoms with Crippen molar-refractivity contribution in [2.24, 2.45) is 0 Å². The number of carbonyl (C=O) groups excluding carboxylic acids is 3. The van der Waals surface area contributed by atoms with Gasteiger partial charge in [0.05, 0.1) is 7.11 Å². The van der Waals surface area contributed by atoms with E-state index in [9.17, 15) is 27.6 Å². The predicted molar refractivity (Wildman–Crippen MR) is 55.8 cm³/mol. The third kappa shape index (κ3) is 3.83. The first-order chi connectivity index (χ1) is 8.77. The molecule has 1 atom stereocenters. The second-order valence-corrected chi connectivity index (χ2v) is 3.95. The van der Waals surface area contributed by atoms with Crippen LogP contribution in [0.15, 0.2) is 0 Å². The number of nitrogens with one attached hydrogen (secondary N) is 1. The number of carbonyl (C=O) groups is 3. The lowest BCUT2D eigenvalue weighted by molar-refractivity contribution is -0.186. The highest BCUT2D eigenvalue weighted by molar-refractivity contribution is 5.91. The minimum absolute atomic E-state index is 0.130. The maximum Gasteiger partial charge on any atom is 0.471 e. The van der Waals surface area contributed by atoms with E-state index in [-0.39, 0.29) is 13.0 Å². The van der Waals surface area contributed by atoms with E-state index in [1.165, 1.54) is 0 Å². The number of alkyl halides is 3. The van der Waals surface area contributed by atoms with Crippen LogP contribution in [-0.4, -0.2) is 55.1 Å². The van der Waals surface area contributed by atoms with Crippen molar-refractivity contribution in [3.05, 3.63) is 0 Å². The Morgan fingerprint density at radius 3 is 2.53 bits per heavy atom. The van der Waals surface area contributed by atoms with E-state index in [0.29, 0.717) is 11.3 Å². The van der Waals surface area contributed by atoms with Crippen molar-refractivity contribution in [1.29, 1.82) is 0 Å². The van der Waals surface area contributed by atoms with E-state index >= 15 is 0 Å². The number of hydrogen-bond donors (Lipinski definition) is 1. The van der Waals surface area contributed by atoms with Crippen molar-refractivity contribution in [3.63, 3.8) is 0 Å². The third-order valence-corrected chi connectivity index (χ3v) is 2.69. The molecule has 0 saturated carbocycles. The Labute approximate surface area is 106 Å². The second kappa shape index (κ2) is 5.89. The molecule has 9 heteroatoms. The molecule has 1 heterocycles. The van der Waals surface area contributed by atoms with E-state index < -0.39 is 36.5 Å². The van der Waals surface area contributed by atoms with Gasteiger partial charge < -0.3 is 15.0 Å². The molecule has 0 aromatic heterocycles. The van der Waals surface area contributed by atoms with E-state index in [1.54, 1.807) is 0 Å². The number of esters is 1. The van der Waals surface area contributed by atoms with Crippen LogP contribution in [-0.2, 0) is 19.1 Å². The molecule has 1 N–H and O–H groups in total. The molecule has 6 nitrogen and oxygen atoms in total. The zero-order chi connectivity index (χ0) is 14.6. The number of amides is 2. The number of nitrogens with zero attached hydrogens (tertiary/aromatic N) is 1. The fourth-order valence-electron chi connectivity index (χ4n) is 1.79. The normalized spacial score (nSPS) is 19.2. The molecule has 1 aliphatic heterocycles. The highest BCUT2D eigenvalue weighted by Gasteiger charge is 2.47. The summed E-state index contributed by atoms with van der Waals surface area (Å²) in [6.07, 6.45) is -4.57. The summed E-state index contributed by atoms with van der Waals surface area (Å²) in [5.74, 6) is -3.55. The Balaban J connectivity index is 2.63. The zero-order valence-corrected chi connectivity index (χ0v) is 10.1. The van der Waals surface area contributed by atoms with Gasteiger partial charge in [-0.3, -0.25) is 14.4 Å². The van der Waals surface area contributed by atoms with E-state index in [0.717, 1.165) is 7.11 Å². The highest BCUT2D eigenvalue weighted by Crippen LogP contribution is 2.25. The second-order valence-electron chi connectivity index (χ2n) is 3.95. The van der Waals surface area contributed by atoms with Crippen LogP contribution < -0.4 is 5.32 Å². The van der Waals surface area contributed by atoms with Crippen LogP contribution in [0.5, 0.6) is 0 Å². The van der Waals surface area contributed by atoms with Crippen LogP contribution in [0.4, 0.5) is 13.2 Å². The SMILES string of the molecule is COC(=O)CNC(=O)[C@@H]1CCCN1C(=O)C(F)(F)F. The highest BCUT2D eigenvalue weighted by atomic mass is 19.4. The maximum atomic E-state index is 12.3. The first kappa shape index (κ1) is 15.3. The lowest BCUT2D eigenvalue weighted by atomic mass is 10.2. The third-order valence-electron chi connectivity index (χ3n) is 2.69. The fourth-order valence-corrected chi connectivity index (χ4v) is 1.79. The fraction of sp³-hybridized carbons (Fsp3) is 0.700. The molecule has 0 bridgehead atoms. The number of methoxy groups -OCH3 is 1. The molecule has 1 rings (SSSR count). The topological polar surface area (TPSA) is 75.7 Å². The van der Waals surface area contributed by atoms with Crippen molar-refractivity contribution >= 4 is 17.8 Å². The minimum atomic E-state index is -5.01. The summed E-state index contributed by atoms with van der Waals surface area (Å²) in [4.78, 5) is 34.0. The van der Waals surface area contributed by atoms with Crippen LogP contribution >= 0.6 is 0 Å². The Hall–Kier alpha value is -1.80. The van der Waals surface area contributed by atoms with E-state index in [1.807, 2.05) is 0 Å². The summed E-state index contributed by atoms with van der Waals surface area (Å²) in [6.45, 7) is -0.575. The first-order valence-corrected chi connectivity index (χ1v) is 5.49. The molecule has 1 fully saturated rings. The summed E-state index contributed by atoms with van der Waals surface area (Å²) < 4.78 is 41.2. The number of ether oxygens (including phenoxy) is 1. The smallest absolute Gasteiger partial charge is 0.468 e. The van der Waals surface area contributed by atoms with Gasteiger partial charge in [-0.2, -0.15) is 13.2 Å². The standard InChI is InChI=1S/C10H13F3N2O4/c1-19-7(16)5-14-8(17)6-3-2-4-15(6)9(18)10(11,12)13/h6H,2-5H2,1H3,(H,14,17)/t6-/m0/s1. The molecule has 0 aromatic rings. The lowest BCUT2D eigenvalue weighted by Gasteiger charge is -2.24. The Morgan fingerprint density at radius 1 is 1.37 bits per heavy atom. The molecule has 2 amide bonds. The van der Waals surface area contributed by atoms with E-state index in [4.69, 9.17) is 0 Å². The number of likely N-dealkylation sites (tertiary alicyclic amines) is 1. The largest absolute Gasteiger partial charge is 0.471 e. The van der Waals surface area contributed by atoms with Gasteiger partial charge in [0.25, 0.3) is 0 Å². The summed E-state index contributed by atoms with van der Waals surface area (Å²) in [7, 11) is 1.11. The van der Waals surface area contributed by atoms with E-state index in [2.05, 4.69) is 10.1 Å². The molecule has 0 radical (unpaired) electrons. The average molecular weight is 282 g/mol. The summed E-state index contributed by atoms with van der Waals surface area (Å²) in [5, 5.41) is 2.14. The molecule has 0 unspecified atom stereocenters. The molecule has 1 saturated heterocycles. The minimum Gasteiger partial charge on any atom is -0.468 e. The van der Waals surface area contributed by atoms with Crippen molar-refractivity contribution in [2.45, 2.75) is 25.1 Å². The van der Waals surface area contributed by atoms with Gasteiger partial charge in [0.1, 0.15) is 12.6 Å². The summed E-state index contributed by atoms with van der Waals surface area (Å²) >= 11 is 0. The molecular formula is C10H13F3N2O4. The van der Waals surface area contributed by atoms with Gasteiger partial charge in [0, 0.05) is 6.54 Å². The molecule has 0 aromatic carbocycles. The van der Waals surface area contributed by atoms with Crippen molar-refractivity contribution in [2.75, 3.05) is 20.2 Å². The Kier molecular flexibility index (Phi) is 4.73. The van der Waals surface area contributed by atoms with Gasteiger partial charge in [-0.1, -0.05) is 0 Å². The van der Waals surface area contributed by atoms with Crippen LogP contribution in [0.2, 0.25) is 0 Å². The van der Waals surface area contributed by atoms with Crippen molar-refractivity contribution in [1.82, 2.24) is 10.2 Å². The van der Waals surface area contributed by atoms with Crippen molar-refractivity contribution in [3.8, 4) is 0 Å². The van der Waals surface area contributed by atoms with Crippen molar-refractivity contribution < 1.29 is 32.3 Å². The summed E-state index contributed by atoms with van der Waals surface area (Å²) in [5.41, 5.74) is 0. The number of halogens is 3. The van der Waals surface area contributed by atoms with Gasteiger partial charge in [-0.15, -0.1) is 0 Å². The van der Waals surface area contributed by atoms with Gasteiger partial charge >= 0.3 is 18.1 Å². The van der Waals surface area contributed by atoms with Gasteiger partial charge in [-0.25, -0.2) is 0 Å². The molecule has 19 heavy (non-hydrogen) atoms. The number of hydrogen-bond acceptors (Lipinski definition) is 4. The summed E-state index contributed by atoms with van der Waals surface area (Å²) in [6, 6.07) is -1.20. The van der Waals surface area contributed by atoms with Gasteiger partial charge in [-0.05, 0) is 12.8 Å². The molecule has 0 spiro atoms. The van der Waals surface area contributed by atoms with Gasteiger partial charge in [0.15, 0.2) is 0 Å². The molecular weight excluding hydrogens is 269 g/mol. The molecule has 0 aliphatic carbocycles. The van der Waals surface area contributed by atoms with Crippen LogP contribution in [0.1, 0.15) is 12.8 Å². The Morgan fingerprint density at radius 2 is 2.00 bits per heavy atom. The monoisotopic (exact) mass is 282 g/mol. The van der Waals surface area contributed by atoms with Gasteiger partial charge in [0.2, 0.25) is 5.91 Å². The molecule has 108 valence electrons. The average Bonchev–Trinajstić information content (AvgIpc) is 2.82. The van der Waals surface area contributed by atoms with Crippen LogP contribution in [0, 0.1) is 0 Å². The predicted octanol–water partition coefficient (Wildman–Crippen LogP) is -0.171. The Bertz CT molecular complexity index is 383. The maximum absolute atomic E-state index is 12.3. The number of rotatable bonds is 3. The van der Waals surface area contributed by atoms with Crippen LogP contribution in [0.3, 0.4) is 0 Å². The zero-order valence-electron chi connectivity index (χ0n) is 10.1. The van der Waals surface area contributed by atoms with Crippen LogP contribution in [0.25, 0.3) is 0 Å². The first-order valence-electron chi connectivity index (χ1n) is 5.49. The molecule has 1 aliphatic rings. The quantitative estimate of drug-likeness (QED) is 0.729. The lowest BCUT2D eigenvalue weighted by Crippen LogP contribution is -2.50.